The highest BCUT2D eigenvalue weighted by atomic mass is 16.7. The van der Waals surface area contributed by atoms with E-state index in [1.807, 2.05) is 37.3 Å². The largest absolute Gasteiger partial charge is 0.479 e. The van der Waals surface area contributed by atoms with Crippen LogP contribution in [0.25, 0.3) is 0 Å². The highest BCUT2D eigenvalue weighted by molar-refractivity contribution is 5.88. The first-order valence-corrected chi connectivity index (χ1v) is 7.59. The van der Waals surface area contributed by atoms with Gasteiger partial charge in [0.2, 0.25) is 0 Å². The number of carboxylic acid groups (broad SMARTS) is 1. The van der Waals surface area contributed by atoms with Crippen molar-refractivity contribution in [2.45, 2.75) is 44.4 Å². The Morgan fingerprint density at radius 2 is 2.14 bits per heavy atom. The zero-order valence-electron chi connectivity index (χ0n) is 12.6. The maximum absolute atomic E-state index is 12.6. The molecule has 2 atom stereocenters. The van der Waals surface area contributed by atoms with Gasteiger partial charge in [-0.2, -0.15) is 5.06 Å². The summed E-state index contributed by atoms with van der Waals surface area (Å²) in [6.45, 7) is 2.55. The second-order valence-corrected chi connectivity index (χ2v) is 5.86. The number of carbonyl (C=O) groups is 2. The number of carboxylic acids is 1. The van der Waals surface area contributed by atoms with Crippen LogP contribution in [-0.4, -0.2) is 45.2 Å². The zero-order chi connectivity index (χ0) is 15.7. The average Bonchev–Trinajstić information content (AvgIpc) is 2.80. The van der Waals surface area contributed by atoms with E-state index in [1.54, 1.807) is 0 Å². The van der Waals surface area contributed by atoms with Gasteiger partial charge in [-0.15, -0.1) is 0 Å². The molecule has 22 heavy (non-hydrogen) atoms. The molecule has 1 aromatic rings. The zero-order valence-corrected chi connectivity index (χ0v) is 12.6. The summed E-state index contributed by atoms with van der Waals surface area (Å²) in [5, 5.41) is 10.9. The number of urea groups is 1. The maximum atomic E-state index is 12.6. The van der Waals surface area contributed by atoms with Crippen LogP contribution in [0.3, 0.4) is 0 Å². The highest BCUT2D eigenvalue weighted by Crippen LogP contribution is 2.39. The predicted molar refractivity (Wildman–Crippen MR) is 78.9 cm³/mol. The van der Waals surface area contributed by atoms with E-state index in [-0.39, 0.29) is 12.1 Å². The minimum atomic E-state index is -1.08. The van der Waals surface area contributed by atoms with Gasteiger partial charge in [-0.05, 0) is 24.8 Å². The Labute approximate surface area is 129 Å². The number of carbonyl (C=O) groups excluding carboxylic acids is 1. The summed E-state index contributed by atoms with van der Waals surface area (Å²) in [5.74, 6) is -0.924. The normalized spacial score (nSPS) is 27.3. The molecule has 2 bridgehead atoms. The van der Waals surface area contributed by atoms with E-state index in [9.17, 15) is 14.7 Å². The molecule has 0 unspecified atom stereocenters. The van der Waals surface area contributed by atoms with Gasteiger partial charge < -0.3 is 10.0 Å². The molecule has 2 aliphatic rings. The predicted octanol–water partition coefficient (Wildman–Crippen LogP) is 2.25. The molecule has 0 aliphatic carbocycles. The van der Waals surface area contributed by atoms with Crippen molar-refractivity contribution >= 4 is 12.0 Å². The number of fused-ring (bicyclic) bond motifs is 2. The van der Waals surface area contributed by atoms with Gasteiger partial charge in [-0.3, -0.25) is 4.84 Å². The lowest BCUT2D eigenvalue weighted by molar-refractivity contribution is -0.151. The second-order valence-electron chi connectivity index (χ2n) is 5.86. The lowest BCUT2D eigenvalue weighted by Crippen LogP contribution is -2.57. The molecule has 2 amide bonds. The Morgan fingerprint density at radius 1 is 1.41 bits per heavy atom. The van der Waals surface area contributed by atoms with Gasteiger partial charge >= 0.3 is 12.0 Å². The van der Waals surface area contributed by atoms with E-state index in [4.69, 9.17) is 4.84 Å². The molecule has 6 nitrogen and oxygen atoms in total. The third-order valence-corrected chi connectivity index (χ3v) is 4.75. The Morgan fingerprint density at radius 3 is 2.77 bits per heavy atom. The number of hydrogen-bond donors (Lipinski definition) is 1. The molecule has 1 aromatic carbocycles. The molecule has 2 aliphatic heterocycles. The van der Waals surface area contributed by atoms with Crippen LogP contribution in [-0.2, 0) is 16.2 Å². The van der Waals surface area contributed by atoms with Crippen molar-refractivity contribution in [1.82, 2.24) is 9.96 Å². The Kier molecular flexibility index (Phi) is 3.78. The van der Waals surface area contributed by atoms with E-state index in [0.717, 1.165) is 5.56 Å². The molecule has 0 aromatic heterocycles. The van der Waals surface area contributed by atoms with Crippen molar-refractivity contribution < 1.29 is 19.5 Å². The molecule has 6 heteroatoms. The van der Waals surface area contributed by atoms with Crippen LogP contribution in [0.4, 0.5) is 4.79 Å². The molecule has 3 rings (SSSR count). The molecule has 0 saturated carbocycles. The van der Waals surface area contributed by atoms with Gasteiger partial charge in [0.1, 0.15) is 12.1 Å². The van der Waals surface area contributed by atoms with Crippen LogP contribution < -0.4 is 0 Å². The Balaban J connectivity index is 1.74. The number of piperidine rings is 1. The summed E-state index contributed by atoms with van der Waals surface area (Å²) in [7, 11) is 0. The van der Waals surface area contributed by atoms with Gasteiger partial charge in [0.05, 0.1) is 6.04 Å². The molecule has 1 N–H and O–H groups in total. The van der Waals surface area contributed by atoms with Crippen LogP contribution in [0.5, 0.6) is 0 Å². The lowest BCUT2D eigenvalue weighted by atomic mass is 9.84. The van der Waals surface area contributed by atoms with Crippen molar-refractivity contribution in [1.29, 1.82) is 0 Å². The fourth-order valence-electron chi connectivity index (χ4n) is 3.37. The van der Waals surface area contributed by atoms with Crippen LogP contribution in [0.15, 0.2) is 30.3 Å². The van der Waals surface area contributed by atoms with E-state index in [0.29, 0.717) is 32.4 Å². The smallest absolute Gasteiger partial charge is 0.345 e. The molecule has 0 radical (unpaired) electrons. The second kappa shape index (κ2) is 5.61. The molecule has 2 fully saturated rings. The van der Waals surface area contributed by atoms with Gasteiger partial charge in [-0.1, -0.05) is 37.3 Å². The topological polar surface area (TPSA) is 70.1 Å². The fourth-order valence-corrected chi connectivity index (χ4v) is 3.37. The van der Waals surface area contributed by atoms with Crippen molar-refractivity contribution in [2.75, 3.05) is 6.54 Å². The first-order valence-electron chi connectivity index (χ1n) is 7.59. The molecule has 0 spiro atoms. The summed E-state index contributed by atoms with van der Waals surface area (Å²) in [4.78, 5) is 31.4. The van der Waals surface area contributed by atoms with E-state index in [1.165, 1.54) is 9.96 Å². The summed E-state index contributed by atoms with van der Waals surface area (Å²) >= 11 is 0. The number of rotatable bonds is 5. The van der Waals surface area contributed by atoms with Crippen molar-refractivity contribution in [2.24, 2.45) is 0 Å². The van der Waals surface area contributed by atoms with Gasteiger partial charge in [0.25, 0.3) is 0 Å². The van der Waals surface area contributed by atoms with Crippen molar-refractivity contribution in [3.8, 4) is 0 Å². The average molecular weight is 304 g/mol. The standard InChI is InChI=1S/C16H20N2O4/c1-2-16(14(19)20)9-8-13-10-17(16)15(21)18(13)22-11-12-6-4-3-5-7-12/h3-7,13H,2,8-11H2,1H3,(H,19,20)/t13-,16+/m1/s1. The van der Waals surface area contributed by atoms with E-state index in [2.05, 4.69) is 0 Å². The quantitative estimate of drug-likeness (QED) is 0.906. The van der Waals surface area contributed by atoms with Crippen molar-refractivity contribution in [3.05, 3.63) is 35.9 Å². The van der Waals surface area contributed by atoms with Crippen molar-refractivity contribution in [3.63, 3.8) is 0 Å². The minimum absolute atomic E-state index is 0.0600. The number of hydroxylamine groups is 2. The maximum Gasteiger partial charge on any atom is 0.345 e. The summed E-state index contributed by atoms with van der Waals surface area (Å²) in [6.07, 6.45) is 1.53. The number of benzene rings is 1. The summed E-state index contributed by atoms with van der Waals surface area (Å²) in [6, 6.07) is 9.22. The molecular formula is C16H20N2O4. The first kappa shape index (κ1) is 14.8. The van der Waals surface area contributed by atoms with E-state index < -0.39 is 11.5 Å². The number of hydrogen-bond acceptors (Lipinski definition) is 3. The summed E-state index contributed by atoms with van der Waals surface area (Å²) < 4.78 is 0. The van der Waals surface area contributed by atoms with Crippen LogP contribution in [0, 0.1) is 0 Å². The minimum Gasteiger partial charge on any atom is -0.479 e. The van der Waals surface area contributed by atoms with E-state index >= 15 is 0 Å². The number of aliphatic carboxylic acids is 1. The van der Waals surface area contributed by atoms with Crippen LogP contribution in [0.1, 0.15) is 31.7 Å². The third-order valence-electron chi connectivity index (χ3n) is 4.75. The Bertz CT molecular complexity index is 577. The van der Waals surface area contributed by atoms with Gasteiger partial charge in [-0.25, -0.2) is 9.59 Å². The first-order chi connectivity index (χ1) is 10.6. The van der Waals surface area contributed by atoms with Crippen LogP contribution in [0.2, 0.25) is 0 Å². The van der Waals surface area contributed by atoms with Gasteiger partial charge in [0.15, 0.2) is 0 Å². The Hall–Kier alpha value is -2.08. The molecule has 2 heterocycles. The molecular weight excluding hydrogens is 284 g/mol. The molecule has 118 valence electrons. The van der Waals surface area contributed by atoms with Crippen LogP contribution >= 0.6 is 0 Å². The SMILES string of the molecule is CC[C@@]1(C(=O)O)CC[C@@H]2CN1C(=O)N2OCc1ccccc1. The summed E-state index contributed by atoms with van der Waals surface area (Å²) in [5.41, 5.74) is -0.106. The highest BCUT2D eigenvalue weighted by Gasteiger charge is 2.56. The molecule has 2 saturated heterocycles. The monoisotopic (exact) mass is 304 g/mol. The number of amides is 2. The number of nitrogens with zero attached hydrogens (tertiary/aromatic N) is 2. The van der Waals surface area contributed by atoms with Gasteiger partial charge in [0, 0.05) is 6.54 Å². The fraction of sp³-hybridized carbons (Fsp3) is 0.500. The third kappa shape index (κ3) is 2.23. The lowest BCUT2D eigenvalue weighted by Gasteiger charge is -2.39.